The monoisotopic (exact) mass is 959 g/mol. The van der Waals surface area contributed by atoms with Crippen LogP contribution < -0.4 is 26.6 Å². The van der Waals surface area contributed by atoms with Gasteiger partial charge in [0.05, 0.1) is 5.52 Å². The first-order chi connectivity index (χ1) is 32.4. The number of ether oxygens (including phenoxy) is 4. The number of carbonyl (C=O) groups is 7. The summed E-state index contributed by atoms with van der Waals surface area (Å²) in [7, 11) is 0. The molecule has 3 aromatic rings. The average Bonchev–Trinajstić information content (AvgIpc) is 3.26. The Morgan fingerprint density at radius 2 is 1.28 bits per heavy atom. The summed E-state index contributed by atoms with van der Waals surface area (Å²) in [6, 6.07) is 14.8. The van der Waals surface area contributed by atoms with Gasteiger partial charge in [-0.3, -0.25) is 19.4 Å². The number of hydrogen-bond acceptors (Lipinski definition) is 12. The molecule has 17 nitrogen and oxygen atoms in total. The van der Waals surface area contributed by atoms with Gasteiger partial charge in [0, 0.05) is 43.4 Å². The van der Waals surface area contributed by atoms with Crippen molar-refractivity contribution in [3.05, 3.63) is 78.0 Å². The van der Waals surface area contributed by atoms with Gasteiger partial charge >= 0.3 is 30.0 Å². The number of carbonyl (C=O) groups excluding carboxylic acids is 7. The summed E-state index contributed by atoms with van der Waals surface area (Å²) in [5, 5.41) is 14.9. The summed E-state index contributed by atoms with van der Waals surface area (Å²) in [5.74, 6) is -2.70. The van der Waals surface area contributed by atoms with E-state index in [9.17, 15) is 33.6 Å². The van der Waals surface area contributed by atoms with Crippen molar-refractivity contribution in [1.82, 2.24) is 31.6 Å². The molecule has 0 bridgehead atoms. The summed E-state index contributed by atoms with van der Waals surface area (Å²) < 4.78 is 21.9. The quantitative estimate of drug-likeness (QED) is 0.0408. The first-order valence-corrected chi connectivity index (χ1v) is 24.0. The predicted octanol–water partition coefficient (Wildman–Crippen LogP) is 7.12. The molecule has 0 saturated heterocycles. The molecule has 1 aliphatic carbocycles. The summed E-state index contributed by atoms with van der Waals surface area (Å²) >= 11 is 0. The molecule has 0 radical (unpaired) electrons. The number of fused-ring (bicyclic) bond motifs is 1. The lowest BCUT2D eigenvalue weighted by Gasteiger charge is -2.29. The van der Waals surface area contributed by atoms with Crippen LogP contribution in [-0.4, -0.2) is 94.8 Å². The summed E-state index contributed by atoms with van der Waals surface area (Å²) in [6.07, 6.45) is 4.74. The summed E-state index contributed by atoms with van der Waals surface area (Å²) in [6.45, 7) is 16.1. The van der Waals surface area contributed by atoms with Gasteiger partial charge in [-0.15, -0.1) is 0 Å². The summed E-state index contributed by atoms with van der Waals surface area (Å²) in [5.41, 5.74) is 0.0464. The Labute approximate surface area is 406 Å². The lowest BCUT2D eigenvalue weighted by atomic mass is 9.81. The second-order valence-corrected chi connectivity index (χ2v) is 20.7. The van der Waals surface area contributed by atoms with Crippen molar-refractivity contribution < 1.29 is 52.5 Å². The molecule has 1 aliphatic rings. The van der Waals surface area contributed by atoms with Crippen molar-refractivity contribution in [2.45, 2.75) is 168 Å². The fourth-order valence-corrected chi connectivity index (χ4v) is 7.68. The van der Waals surface area contributed by atoms with Crippen LogP contribution in [0.15, 0.2) is 66.9 Å². The molecule has 378 valence electrons. The van der Waals surface area contributed by atoms with E-state index in [2.05, 4.69) is 31.6 Å². The molecule has 0 spiro atoms. The third kappa shape index (κ3) is 21.3. The Morgan fingerprint density at radius 1 is 0.652 bits per heavy atom. The van der Waals surface area contributed by atoms with Crippen LogP contribution in [0.4, 0.5) is 9.59 Å². The van der Waals surface area contributed by atoms with E-state index in [-0.39, 0.29) is 62.5 Å². The minimum Gasteiger partial charge on any atom is -0.460 e. The SMILES string of the molecule is CC(C)(C)OC(=O)CC[C@H](NC(=O)N[C@@H](CCCCNC(=O)[C@H](Cc1ccc2ncccc2c1)NC(=O)[C@H]1CC[C@H](CNC(=O)OCc2ccccc2)CC1)C(=O)OC(C)(C)C)C(=O)OC(C)(C)C. The van der Waals surface area contributed by atoms with Crippen molar-refractivity contribution in [3.8, 4) is 0 Å². The number of nitrogens with one attached hydrogen (secondary N) is 5. The number of pyridine rings is 1. The maximum absolute atomic E-state index is 13.9. The first-order valence-electron chi connectivity index (χ1n) is 24.0. The highest BCUT2D eigenvalue weighted by atomic mass is 16.6. The predicted molar refractivity (Wildman–Crippen MR) is 260 cm³/mol. The third-order valence-electron chi connectivity index (χ3n) is 11.0. The Kier molecular flexibility index (Phi) is 20.8. The van der Waals surface area contributed by atoms with Crippen molar-refractivity contribution in [1.29, 1.82) is 0 Å². The lowest BCUT2D eigenvalue weighted by Crippen LogP contribution is -2.53. The number of aromatic nitrogens is 1. The molecular formula is C52H74N6O11. The standard InChI is InChI=1S/C52H74N6O11/c1-50(2,3)67-43(59)27-26-41(47(63)69-52(7,8)9)58-48(64)57-40(46(62)68-51(4,5)6)19-13-14-28-54-45(61)42(31-36-22-25-39-38(30-36)18-15-29-53-39)56-44(60)37-23-20-34(21-24-37)32-55-49(65)66-33-35-16-11-10-12-17-35/h10-12,15-18,22,25,29-30,34,37,40-42H,13-14,19-21,23-24,26-28,31-33H2,1-9H3,(H,54,61)(H,55,65)(H,56,60)(H2,57,58,64)/t34-,37-,40-,41-,42-/m0/s1. The Hall–Kier alpha value is -6.26. The van der Waals surface area contributed by atoms with Crippen molar-refractivity contribution in [2.24, 2.45) is 11.8 Å². The molecule has 69 heavy (non-hydrogen) atoms. The highest BCUT2D eigenvalue weighted by Crippen LogP contribution is 2.29. The second-order valence-electron chi connectivity index (χ2n) is 20.7. The maximum atomic E-state index is 13.9. The van der Waals surface area contributed by atoms with Gasteiger partial charge in [0.2, 0.25) is 11.8 Å². The van der Waals surface area contributed by atoms with Gasteiger partial charge in [-0.05, 0) is 149 Å². The Bertz CT molecular complexity index is 2190. The molecule has 5 N–H and O–H groups in total. The zero-order valence-corrected chi connectivity index (χ0v) is 41.9. The largest absolute Gasteiger partial charge is 0.460 e. The van der Waals surface area contributed by atoms with Gasteiger partial charge in [0.15, 0.2) is 0 Å². The van der Waals surface area contributed by atoms with E-state index in [1.807, 2.05) is 60.7 Å². The van der Waals surface area contributed by atoms with E-state index < -0.39 is 65.0 Å². The second kappa shape index (κ2) is 25.9. The molecule has 1 fully saturated rings. The molecule has 4 rings (SSSR count). The molecule has 17 heteroatoms. The third-order valence-corrected chi connectivity index (χ3v) is 11.0. The molecule has 1 heterocycles. The number of alkyl carbamates (subject to hydrolysis) is 1. The normalized spacial score (nSPS) is 16.4. The number of unbranched alkanes of at least 4 members (excludes halogenated alkanes) is 1. The zero-order valence-electron chi connectivity index (χ0n) is 41.9. The van der Waals surface area contributed by atoms with Gasteiger partial charge in [0.25, 0.3) is 0 Å². The summed E-state index contributed by atoms with van der Waals surface area (Å²) in [4.78, 5) is 96.9. The van der Waals surface area contributed by atoms with Crippen LogP contribution in [-0.2, 0) is 55.9 Å². The fourth-order valence-electron chi connectivity index (χ4n) is 7.68. The van der Waals surface area contributed by atoms with Gasteiger partial charge in [-0.1, -0.05) is 42.5 Å². The highest BCUT2D eigenvalue weighted by Gasteiger charge is 2.33. The number of amides is 5. The van der Waals surface area contributed by atoms with Gasteiger partial charge in [-0.2, -0.15) is 0 Å². The van der Waals surface area contributed by atoms with Crippen molar-refractivity contribution >= 4 is 52.7 Å². The highest BCUT2D eigenvalue weighted by molar-refractivity contribution is 5.89. The van der Waals surface area contributed by atoms with Gasteiger partial charge in [-0.25, -0.2) is 19.2 Å². The van der Waals surface area contributed by atoms with Crippen LogP contribution in [0.2, 0.25) is 0 Å². The number of esters is 3. The number of nitrogens with zero attached hydrogens (tertiary/aromatic N) is 1. The van der Waals surface area contributed by atoms with E-state index >= 15 is 0 Å². The van der Waals surface area contributed by atoms with Crippen LogP contribution in [0.3, 0.4) is 0 Å². The fraction of sp³-hybridized carbons (Fsp3) is 0.577. The van der Waals surface area contributed by atoms with Crippen molar-refractivity contribution in [2.75, 3.05) is 13.1 Å². The first kappa shape index (κ1) is 55.3. The molecule has 0 aliphatic heterocycles. The van der Waals surface area contributed by atoms with Crippen LogP contribution in [0.25, 0.3) is 10.9 Å². The number of hydrogen-bond donors (Lipinski definition) is 5. The van der Waals surface area contributed by atoms with E-state index in [0.29, 0.717) is 32.2 Å². The molecule has 5 amide bonds. The number of rotatable bonds is 21. The Morgan fingerprint density at radius 3 is 1.90 bits per heavy atom. The van der Waals surface area contributed by atoms with E-state index in [4.69, 9.17) is 18.9 Å². The minimum absolute atomic E-state index is 0.109. The smallest absolute Gasteiger partial charge is 0.407 e. The molecular weight excluding hydrogens is 885 g/mol. The van der Waals surface area contributed by atoms with Crippen LogP contribution in [0.5, 0.6) is 0 Å². The topological polar surface area (TPSA) is 229 Å². The Balaban J connectivity index is 1.34. The maximum Gasteiger partial charge on any atom is 0.407 e. The zero-order chi connectivity index (χ0) is 50.8. The van der Waals surface area contributed by atoms with E-state index in [1.165, 1.54) is 0 Å². The van der Waals surface area contributed by atoms with Gasteiger partial charge in [0.1, 0.15) is 41.5 Å². The van der Waals surface area contributed by atoms with E-state index in [0.717, 1.165) is 34.9 Å². The minimum atomic E-state index is -1.23. The molecule has 0 unspecified atom stereocenters. The van der Waals surface area contributed by atoms with Crippen LogP contribution in [0, 0.1) is 11.8 Å². The van der Waals surface area contributed by atoms with Gasteiger partial charge < -0.3 is 45.5 Å². The molecule has 2 aromatic carbocycles. The lowest BCUT2D eigenvalue weighted by molar-refractivity contribution is -0.159. The van der Waals surface area contributed by atoms with Crippen LogP contribution in [0.1, 0.15) is 131 Å². The average molecular weight is 959 g/mol. The van der Waals surface area contributed by atoms with Crippen LogP contribution >= 0.6 is 0 Å². The molecule has 3 atom stereocenters. The number of benzene rings is 2. The van der Waals surface area contributed by atoms with E-state index in [1.54, 1.807) is 68.5 Å². The molecule has 1 saturated carbocycles. The van der Waals surface area contributed by atoms with Crippen molar-refractivity contribution in [3.63, 3.8) is 0 Å². The number of urea groups is 1. The molecule has 1 aromatic heterocycles.